The predicted molar refractivity (Wildman–Crippen MR) is 104 cm³/mol. The molecule has 27 heavy (non-hydrogen) atoms. The van der Waals surface area contributed by atoms with Crippen molar-refractivity contribution >= 4 is 0 Å². The van der Waals surface area contributed by atoms with Gasteiger partial charge >= 0.3 is 0 Å². The highest BCUT2D eigenvalue weighted by Crippen LogP contribution is 2.42. The smallest absolute Gasteiger partial charge is 0.161 e. The molecule has 146 valence electrons. The molecule has 1 heterocycles. The van der Waals surface area contributed by atoms with Crippen molar-refractivity contribution in [2.24, 2.45) is 0 Å². The Balaban J connectivity index is 2.02. The summed E-state index contributed by atoms with van der Waals surface area (Å²) in [6.07, 6.45) is 1.32. The number of nitrogens with zero attached hydrogens (tertiary/aromatic N) is 1. The zero-order chi connectivity index (χ0) is 19.6. The van der Waals surface area contributed by atoms with E-state index in [1.807, 2.05) is 30.3 Å². The maximum absolute atomic E-state index is 13.3. The molecular formula is C21H27NO5. The van der Waals surface area contributed by atoms with E-state index in [9.17, 15) is 5.21 Å². The molecule has 2 aromatic rings. The van der Waals surface area contributed by atoms with Crippen LogP contribution in [0.5, 0.6) is 23.0 Å². The van der Waals surface area contributed by atoms with Gasteiger partial charge in [0.25, 0.3) is 0 Å². The van der Waals surface area contributed by atoms with Crippen molar-refractivity contribution in [1.29, 1.82) is 0 Å². The number of ether oxygens (including phenoxy) is 4. The molecule has 0 N–H and O–H groups in total. The summed E-state index contributed by atoms with van der Waals surface area (Å²) < 4.78 is 21.3. The number of rotatable bonds is 6. The van der Waals surface area contributed by atoms with E-state index in [4.69, 9.17) is 18.9 Å². The van der Waals surface area contributed by atoms with Crippen LogP contribution in [0.3, 0.4) is 0 Å². The Labute approximate surface area is 160 Å². The van der Waals surface area contributed by atoms with Crippen molar-refractivity contribution in [3.8, 4) is 23.0 Å². The second-order valence-electron chi connectivity index (χ2n) is 6.96. The van der Waals surface area contributed by atoms with Crippen LogP contribution in [0.1, 0.15) is 22.7 Å². The summed E-state index contributed by atoms with van der Waals surface area (Å²) in [6, 6.07) is 9.51. The Morgan fingerprint density at radius 1 is 0.889 bits per heavy atom. The van der Waals surface area contributed by atoms with Crippen molar-refractivity contribution in [2.75, 3.05) is 42.0 Å². The highest BCUT2D eigenvalue weighted by Gasteiger charge is 2.34. The largest absolute Gasteiger partial charge is 0.633 e. The summed E-state index contributed by atoms with van der Waals surface area (Å²) in [5, 5.41) is 13.3. The van der Waals surface area contributed by atoms with Crippen LogP contribution < -0.4 is 18.9 Å². The minimum absolute atomic E-state index is 0.230. The van der Waals surface area contributed by atoms with Crippen molar-refractivity contribution < 1.29 is 23.6 Å². The molecule has 6 nitrogen and oxygen atoms in total. The molecule has 0 saturated carbocycles. The second kappa shape index (κ2) is 7.66. The number of quaternary nitrogens is 1. The topological polar surface area (TPSA) is 60.0 Å². The fourth-order valence-corrected chi connectivity index (χ4v) is 3.79. The van der Waals surface area contributed by atoms with E-state index >= 15 is 0 Å². The summed E-state index contributed by atoms with van der Waals surface area (Å²) in [7, 11) is 8.21. The lowest BCUT2D eigenvalue weighted by atomic mass is 9.88. The normalized spacial score (nSPS) is 21.3. The van der Waals surface area contributed by atoms with Gasteiger partial charge in [-0.1, -0.05) is 6.07 Å². The first-order chi connectivity index (χ1) is 12.9. The molecule has 2 atom stereocenters. The zero-order valence-corrected chi connectivity index (χ0v) is 16.6. The Morgan fingerprint density at radius 2 is 1.48 bits per heavy atom. The molecule has 1 aliphatic rings. The van der Waals surface area contributed by atoms with Crippen LogP contribution in [-0.2, 0) is 12.8 Å². The lowest BCUT2D eigenvalue weighted by Gasteiger charge is -2.49. The summed E-state index contributed by atoms with van der Waals surface area (Å²) in [6.45, 7) is 0.528. The van der Waals surface area contributed by atoms with Crippen molar-refractivity contribution in [3.63, 3.8) is 0 Å². The maximum Gasteiger partial charge on any atom is 0.161 e. The van der Waals surface area contributed by atoms with E-state index in [1.165, 1.54) is 0 Å². The van der Waals surface area contributed by atoms with Crippen LogP contribution in [0.2, 0.25) is 0 Å². The predicted octanol–water partition coefficient (Wildman–Crippen LogP) is 3.51. The zero-order valence-electron chi connectivity index (χ0n) is 16.6. The van der Waals surface area contributed by atoms with Crippen LogP contribution in [-0.4, -0.2) is 46.7 Å². The minimum atomic E-state index is -0.323. The molecule has 0 aliphatic carbocycles. The first-order valence-corrected chi connectivity index (χ1v) is 8.95. The fourth-order valence-electron chi connectivity index (χ4n) is 3.79. The van der Waals surface area contributed by atoms with Gasteiger partial charge in [-0.15, -0.1) is 0 Å². The molecule has 0 saturated heterocycles. The monoisotopic (exact) mass is 373 g/mol. The van der Waals surface area contributed by atoms with Gasteiger partial charge in [0, 0.05) is 18.4 Å². The summed E-state index contributed by atoms with van der Waals surface area (Å²) >= 11 is 0. The second-order valence-corrected chi connectivity index (χ2v) is 6.96. The molecule has 0 radical (unpaired) electrons. The quantitative estimate of drug-likeness (QED) is 0.573. The van der Waals surface area contributed by atoms with Gasteiger partial charge in [0.15, 0.2) is 23.0 Å². The van der Waals surface area contributed by atoms with Gasteiger partial charge in [0.05, 0.1) is 42.0 Å². The molecule has 0 unspecified atom stereocenters. The number of likely N-dealkylation sites (N-methyl/N-ethyl adjacent to an activating group) is 1. The third-order valence-electron chi connectivity index (χ3n) is 5.37. The third-order valence-corrected chi connectivity index (χ3v) is 5.37. The van der Waals surface area contributed by atoms with Crippen LogP contribution in [0.15, 0.2) is 30.3 Å². The van der Waals surface area contributed by atoms with Crippen LogP contribution in [0, 0.1) is 5.21 Å². The van der Waals surface area contributed by atoms with Gasteiger partial charge in [-0.2, -0.15) is 0 Å². The number of hydrogen-bond acceptors (Lipinski definition) is 5. The molecule has 0 fully saturated rings. The molecule has 3 rings (SSSR count). The third kappa shape index (κ3) is 3.68. The standard InChI is InChI=1S/C21H27NO5/c1-22(23)9-8-15-12-20(26-4)21(27-5)13-16(15)17(22)10-14-6-7-18(24-2)19(11-14)25-3/h6-7,11-13,17H,8-10H2,1-5H3/t17-,22-/m1/s1. The highest BCUT2D eigenvalue weighted by molar-refractivity contribution is 5.50. The number of methoxy groups -OCH3 is 4. The minimum Gasteiger partial charge on any atom is -0.633 e. The molecule has 0 spiro atoms. The van der Waals surface area contributed by atoms with E-state index < -0.39 is 0 Å². The molecule has 0 amide bonds. The average molecular weight is 373 g/mol. The van der Waals surface area contributed by atoms with E-state index in [0.717, 1.165) is 23.1 Å². The lowest BCUT2D eigenvalue weighted by molar-refractivity contribution is -0.894. The van der Waals surface area contributed by atoms with Crippen LogP contribution >= 0.6 is 0 Å². The maximum atomic E-state index is 13.3. The Kier molecular flexibility index (Phi) is 5.48. The SMILES string of the molecule is COc1ccc(C[C@@H]2c3cc(OC)c(OC)cc3CC[N@@+]2(C)[O-])cc1OC. The highest BCUT2D eigenvalue weighted by atomic mass is 16.5. The van der Waals surface area contributed by atoms with Crippen LogP contribution in [0.4, 0.5) is 0 Å². The first-order valence-electron chi connectivity index (χ1n) is 8.95. The Hall–Kier alpha value is -2.44. The van der Waals surface area contributed by atoms with Gasteiger partial charge in [-0.05, 0) is 35.4 Å². The van der Waals surface area contributed by atoms with Gasteiger partial charge in [0.2, 0.25) is 0 Å². The number of fused-ring (bicyclic) bond motifs is 1. The molecular weight excluding hydrogens is 346 g/mol. The molecule has 0 bridgehead atoms. The number of hydrogen-bond donors (Lipinski definition) is 0. The van der Waals surface area contributed by atoms with E-state index in [1.54, 1.807) is 35.5 Å². The van der Waals surface area contributed by atoms with Crippen LogP contribution in [0.25, 0.3) is 0 Å². The molecule has 0 aromatic heterocycles. The van der Waals surface area contributed by atoms with Crippen molar-refractivity contribution in [1.82, 2.24) is 0 Å². The summed E-state index contributed by atoms with van der Waals surface area (Å²) in [4.78, 5) is 0. The Bertz CT molecular complexity index is 818. The van der Waals surface area contributed by atoms with Gasteiger partial charge < -0.3 is 28.8 Å². The average Bonchev–Trinajstić information content (AvgIpc) is 2.68. The number of benzene rings is 2. The lowest BCUT2D eigenvalue weighted by Crippen LogP contribution is -2.47. The van der Waals surface area contributed by atoms with E-state index in [2.05, 4.69) is 0 Å². The fraction of sp³-hybridized carbons (Fsp3) is 0.429. The summed E-state index contributed by atoms with van der Waals surface area (Å²) in [5.74, 6) is 2.69. The van der Waals surface area contributed by atoms with Gasteiger partial charge in [0.1, 0.15) is 6.04 Å². The van der Waals surface area contributed by atoms with Gasteiger partial charge in [-0.3, -0.25) is 0 Å². The first kappa shape index (κ1) is 19.3. The van der Waals surface area contributed by atoms with Crippen molar-refractivity contribution in [2.45, 2.75) is 18.9 Å². The molecule has 2 aromatic carbocycles. The number of hydroxylamine groups is 3. The van der Waals surface area contributed by atoms with E-state index in [0.29, 0.717) is 36.0 Å². The summed E-state index contributed by atoms with van der Waals surface area (Å²) in [5.41, 5.74) is 3.19. The van der Waals surface area contributed by atoms with E-state index in [-0.39, 0.29) is 10.7 Å². The molecule has 1 aliphatic heterocycles. The Morgan fingerprint density at radius 3 is 2.11 bits per heavy atom. The van der Waals surface area contributed by atoms with Gasteiger partial charge in [-0.25, -0.2) is 0 Å². The van der Waals surface area contributed by atoms with Crippen molar-refractivity contribution in [3.05, 3.63) is 52.2 Å². The molecule has 6 heteroatoms.